The van der Waals surface area contributed by atoms with Gasteiger partial charge in [-0.1, -0.05) is 12.1 Å². The number of hydrogen-bond acceptors (Lipinski definition) is 5. The number of nitrogens with one attached hydrogen (secondary N) is 1. The van der Waals surface area contributed by atoms with Crippen LogP contribution in [0.3, 0.4) is 0 Å². The number of para-hydroxylation sites is 2. The molecule has 1 atom stereocenters. The molecule has 23 heavy (non-hydrogen) atoms. The Hall–Kier alpha value is -1.80. The number of sulfonamides is 1. The van der Waals surface area contributed by atoms with Gasteiger partial charge in [-0.25, -0.2) is 12.7 Å². The fraction of sp³-hybridized carbons (Fsp3) is 0.533. The Labute approximate surface area is 135 Å². The Balaban J connectivity index is 1.49. The molecule has 1 saturated heterocycles. The molecule has 126 valence electrons. The number of amides is 1. The highest BCUT2D eigenvalue weighted by atomic mass is 32.2. The highest BCUT2D eigenvalue weighted by Gasteiger charge is 2.28. The fourth-order valence-electron chi connectivity index (χ4n) is 2.66. The molecular weight excluding hydrogens is 320 g/mol. The van der Waals surface area contributed by atoms with Gasteiger partial charge < -0.3 is 14.8 Å². The van der Waals surface area contributed by atoms with Crippen molar-refractivity contribution < 1.29 is 22.7 Å². The minimum atomic E-state index is -3.29. The molecule has 1 aromatic carbocycles. The van der Waals surface area contributed by atoms with Gasteiger partial charge in [0, 0.05) is 19.6 Å². The standard InChI is InChI=1S/C15H20N2O5S/c18-15(14-11-21-12-5-1-2-6-13(12)22-14)16-7-10-23(19,20)17-8-3-4-9-17/h1-2,5-6,14H,3-4,7-11H2,(H,16,18)/t14-/m0/s1. The molecule has 2 aliphatic rings. The van der Waals surface area contributed by atoms with Gasteiger partial charge >= 0.3 is 0 Å². The number of fused-ring (bicyclic) bond motifs is 1. The van der Waals surface area contributed by atoms with Crippen molar-refractivity contribution >= 4 is 15.9 Å². The Morgan fingerprint density at radius 3 is 2.65 bits per heavy atom. The maximum Gasteiger partial charge on any atom is 0.264 e. The summed E-state index contributed by atoms with van der Waals surface area (Å²) in [6.07, 6.45) is 1.04. The summed E-state index contributed by atoms with van der Waals surface area (Å²) < 4.78 is 36.7. The minimum Gasteiger partial charge on any atom is -0.485 e. The average molecular weight is 340 g/mol. The number of nitrogens with zero attached hydrogens (tertiary/aromatic N) is 1. The van der Waals surface area contributed by atoms with Gasteiger partial charge in [0.25, 0.3) is 5.91 Å². The van der Waals surface area contributed by atoms with E-state index in [1.54, 1.807) is 18.2 Å². The summed E-state index contributed by atoms with van der Waals surface area (Å²) in [5.41, 5.74) is 0. The first kappa shape index (κ1) is 16.1. The summed E-state index contributed by atoms with van der Waals surface area (Å²) >= 11 is 0. The Bertz CT molecular complexity index is 670. The van der Waals surface area contributed by atoms with E-state index in [0.717, 1.165) is 12.8 Å². The van der Waals surface area contributed by atoms with Gasteiger partial charge in [-0.15, -0.1) is 0 Å². The van der Waals surface area contributed by atoms with Crippen LogP contribution in [0.4, 0.5) is 0 Å². The zero-order valence-electron chi connectivity index (χ0n) is 12.7. The molecule has 0 aliphatic carbocycles. The first-order valence-electron chi connectivity index (χ1n) is 7.70. The van der Waals surface area contributed by atoms with Gasteiger partial charge in [-0.3, -0.25) is 4.79 Å². The van der Waals surface area contributed by atoms with Crippen molar-refractivity contribution in [2.24, 2.45) is 0 Å². The lowest BCUT2D eigenvalue weighted by molar-refractivity contribution is -0.130. The first-order chi connectivity index (χ1) is 11.1. The quantitative estimate of drug-likeness (QED) is 0.837. The van der Waals surface area contributed by atoms with Gasteiger partial charge in [-0.05, 0) is 25.0 Å². The van der Waals surface area contributed by atoms with Gasteiger partial charge in [0.15, 0.2) is 11.5 Å². The molecule has 2 heterocycles. The van der Waals surface area contributed by atoms with E-state index in [4.69, 9.17) is 9.47 Å². The van der Waals surface area contributed by atoms with Crippen LogP contribution in [0.2, 0.25) is 0 Å². The van der Waals surface area contributed by atoms with Crippen LogP contribution >= 0.6 is 0 Å². The highest BCUT2D eigenvalue weighted by molar-refractivity contribution is 7.89. The monoisotopic (exact) mass is 340 g/mol. The fourth-order valence-corrected chi connectivity index (χ4v) is 4.09. The van der Waals surface area contributed by atoms with Crippen molar-refractivity contribution in [1.82, 2.24) is 9.62 Å². The van der Waals surface area contributed by atoms with Gasteiger partial charge in [0.1, 0.15) is 6.61 Å². The van der Waals surface area contributed by atoms with Crippen LogP contribution in [0.5, 0.6) is 11.5 Å². The predicted octanol–water partition coefficient (Wildman–Crippen LogP) is 0.368. The third-order valence-electron chi connectivity index (χ3n) is 3.92. The molecule has 1 amide bonds. The molecule has 0 unspecified atom stereocenters. The van der Waals surface area contributed by atoms with Gasteiger partial charge in [0.2, 0.25) is 16.1 Å². The third-order valence-corrected chi connectivity index (χ3v) is 5.79. The van der Waals surface area contributed by atoms with E-state index >= 15 is 0 Å². The number of rotatable bonds is 5. The van der Waals surface area contributed by atoms with Crippen LogP contribution in [0.1, 0.15) is 12.8 Å². The molecule has 1 aromatic rings. The van der Waals surface area contributed by atoms with E-state index in [1.165, 1.54) is 4.31 Å². The summed E-state index contributed by atoms with van der Waals surface area (Å²) in [6, 6.07) is 7.12. The Morgan fingerprint density at radius 2 is 1.91 bits per heavy atom. The maximum atomic E-state index is 12.1. The summed E-state index contributed by atoms with van der Waals surface area (Å²) in [6.45, 7) is 1.33. The SMILES string of the molecule is O=C(NCCS(=O)(=O)N1CCCC1)[C@@H]1COc2ccccc2O1. The highest BCUT2D eigenvalue weighted by Crippen LogP contribution is 2.30. The second-order valence-electron chi connectivity index (χ2n) is 5.58. The lowest BCUT2D eigenvalue weighted by Gasteiger charge is -2.25. The van der Waals surface area contributed by atoms with Crippen molar-refractivity contribution in [3.63, 3.8) is 0 Å². The maximum absolute atomic E-state index is 12.1. The number of carbonyl (C=O) groups excluding carboxylic acids is 1. The lowest BCUT2D eigenvalue weighted by atomic mass is 10.2. The molecule has 0 radical (unpaired) electrons. The van der Waals surface area contributed by atoms with Crippen LogP contribution < -0.4 is 14.8 Å². The van der Waals surface area contributed by atoms with E-state index in [1.807, 2.05) is 6.07 Å². The lowest BCUT2D eigenvalue weighted by Crippen LogP contribution is -2.45. The largest absolute Gasteiger partial charge is 0.485 e. The molecular formula is C15H20N2O5S. The summed E-state index contributed by atoms with van der Waals surface area (Å²) in [5.74, 6) is 0.663. The summed E-state index contributed by atoms with van der Waals surface area (Å²) in [4.78, 5) is 12.1. The van der Waals surface area contributed by atoms with Crippen LogP contribution in [-0.2, 0) is 14.8 Å². The van der Waals surface area contributed by atoms with E-state index in [0.29, 0.717) is 24.6 Å². The van der Waals surface area contributed by atoms with Crippen LogP contribution in [0, 0.1) is 0 Å². The average Bonchev–Trinajstić information content (AvgIpc) is 3.09. The van der Waals surface area contributed by atoms with E-state index in [9.17, 15) is 13.2 Å². The van der Waals surface area contributed by atoms with Crippen molar-refractivity contribution in [3.05, 3.63) is 24.3 Å². The zero-order chi connectivity index (χ0) is 16.3. The third kappa shape index (κ3) is 3.76. The Kier molecular flexibility index (Phi) is 4.72. The van der Waals surface area contributed by atoms with E-state index < -0.39 is 16.1 Å². The number of benzene rings is 1. The molecule has 0 spiro atoms. The van der Waals surface area contributed by atoms with E-state index in [-0.39, 0.29) is 24.8 Å². The van der Waals surface area contributed by atoms with Gasteiger partial charge in [-0.2, -0.15) is 0 Å². The molecule has 0 aromatic heterocycles. The molecule has 0 saturated carbocycles. The molecule has 2 aliphatic heterocycles. The molecule has 1 N–H and O–H groups in total. The summed E-state index contributed by atoms with van der Waals surface area (Å²) in [5, 5.41) is 2.61. The van der Waals surface area contributed by atoms with Crippen LogP contribution in [-0.4, -0.2) is 56.7 Å². The van der Waals surface area contributed by atoms with E-state index in [2.05, 4.69) is 5.32 Å². The summed E-state index contributed by atoms with van der Waals surface area (Å²) in [7, 11) is -3.29. The molecule has 0 bridgehead atoms. The van der Waals surface area contributed by atoms with Crippen LogP contribution in [0.15, 0.2) is 24.3 Å². The zero-order valence-corrected chi connectivity index (χ0v) is 13.5. The second-order valence-corrected chi connectivity index (χ2v) is 7.67. The molecule has 1 fully saturated rings. The second kappa shape index (κ2) is 6.76. The number of ether oxygens (including phenoxy) is 2. The van der Waals surface area contributed by atoms with Gasteiger partial charge in [0.05, 0.1) is 5.75 Å². The minimum absolute atomic E-state index is 0.0686. The number of hydrogen-bond donors (Lipinski definition) is 1. The smallest absolute Gasteiger partial charge is 0.264 e. The molecule has 8 heteroatoms. The van der Waals surface area contributed by atoms with Crippen LogP contribution in [0.25, 0.3) is 0 Å². The van der Waals surface area contributed by atoms with Crippen molar-refractivity contribution in [2.75, 3.05) is 32.0 Å². The molecule has 7 nitrogen and oxygen atoms in total. The normalized spacial score (nSPS) is 21.1. The predicted molar refractivity (Wildman–Crippen MR) is 84.0 cm³/mol. The van der Waals surface area contributed by atoms with Crippen molar-refractivity contribution in [1.29, 1.82) is 0 Å². The number of carbonyl (C=O) groups is 1. The topological polar surface area (TPSA) is 84.9 Å². The first-order valence-corrected chi connectivity index (χ1v) is 9.31. The molecule has 3 rings (SSSR count). The Morgan fingerprint density at radius 1 is 1.22 bits per heavy atom. The van der Waals surface area contributed by atoms with Crippen molar-refractivity contribution in [3.8, 4) is 11.5 Å². The van der Waals surface area contributed by atoms with Crippen molar-refractivity contribution in [2.45, 2.75) is 18.9 Å².